The number of carbonyl (C=O) groups is 2. The molecule has 8 atom stereocenters. The van der Waals surface area contributed by atoms with Gasteiger partial charge in [0.05, 0.1) is 10.8 Å². The highest BCUT2D eigenvalue weighted by molar-refractivity contribution is 6.14. The number of rotatable bonds is 0. The highest BCUT2D eigenvalue weighted by atomic mass is 16.2. The molecule has 19 heavy (non-hydrogen) atoms. The van der Waals surface area contributed by atoms with Crippen LogP contribution in [0.5, 0.6) is 0 Å². The van der Waals surface area contributed by atoms with Crippen LogP contribution < -0.4 is 0 Å². The van der Waals surface area contributed by atoms with Gasteiger partial charge in [-0.3, -0.25) is 9.59 Å². The molecule has 0 radical (unpaired) electrons. The fraction of sp³-hybridized carbons (Fsp3) is 0.647. The SMILES string of the molecule is CC1=C[C@]23C(=O)[C@@H]4[C@@H]5C[C@@H]6[C@H]4C(=O)[C@]2(C=C1C)[C@@H]6[C@@H]53. The fourth-order valence-electron chi connectivity index (χ4n) is 7.60. The van der Waals surface area contributed by atoms with Gasteiger partial charge in [-0.15, -0.1) is 0 Å². The molecule has 0 N–H and O–H groups in total. The lowest BCUT2D eigenvalue weighted by Crippen LogP contribution is -2.67. The Hall–Kier alpha value is -1.18. The minimum Gasteiger partial charge on any atom is -0.298 e. The van der Waals surface area contributed by atoms with Crippen LogP contribution in [0, 0.1) is 46.3 Å². The first-order chi connectivity index (χ1) is 9.05. The highest BCUT2D eigenvalue weighted by Gasteiger charge is 2.95. The number of Topliss-reactive ketones (excluding diaryl/α,β-unsaturated/α-hetero) is 2. The van der Waals surface area contributed by atoms with Crippen LogP contribution in [0.1, 0.15) is 20.3 Å². The second-order valence-corrected chi connectivity index (χ2v) is 7.79. The Bertz CT molecular complexity index is 625. The smallest absolute Gasteiger partial charge is 0.148 e. The van der Waals surface area contributed by atoms with Gasteiger partial charge in [0, 0.05) is 11.8 Å². The predicted molar refractivity (Wildman–Crippen MR) is 68.0 cm³/mol. The highest BCUT2D eigenvalue weighted by Crippen LogP contribution is 2.91. The molecule has 5 saturated carbocycles. The minimum absolute atomic E-state index is 0.102. The maximum Gasteiger partial charge on any atom is 0.148 e. The molecular weight excluding hydrogens is 236 g/mol. The summed E-state index contributed by atoms with van der Waals surface area (Å²) in [4.78, 5) is 26.1. The van der Waals surface area contributed by atoms with Crippen molar-refractivity contribution in [2.45, 2.75) is 20.3 Å². The molecule has 2 nitrogen and oxygen atoms in total. The maximum absolute atomic E-state index is 13.0. The van der Waals surface area contributed by atoms with E-state index in [1.165, 1.54) is 11.1 Å². The first kappa shape index (κ1) is 9.68. The van der Waals surface area contributed by atoms with E-state index >= 15 is 0 Å². The Labute approximate surface area is 111 Å². The average Bonchev–Trinajstić information content (AvgIpc) is 2.93. The van der Waals surface area contributed by atoms with E-state index in [2.05, 4.69) is 26.0 Å². The van der Waals surface area contributed by atoms with Crippen molar-refractivity contribution in [1.82, 2.24) is 0 Å². The largest absolute Gasteiger partial charge is 0.298 e. The molecule has 2 heteroatoms. The molecule has 5 fully saturated rings. The molecule has 6 rings (SSSR count). The molecule has 2 spiro atoms. The summed E-state index contributed by atoms with van der Waals surface area (Å²) in [5, 5.41) is 0. The molecule has 0 aromatic rings. The van der Waals surface area contributed by atoms with E-state index in [1.807, 2.05) is 0 Å². The molecule has 6 aliphatic rings. The van der Waals surface area contributed by atoms with Crippen LogP contribution >= 0.6 is 0 Å². The first-order valence-corrected chi connectivity index (χ1v) is 7.53. The number of fused-ring (bicyclic) bond motifs is 1. The van der Waals surface area contributed by atoms with Crippen molar-refractivity contribution in [2.75, 3.05) is 0 Å². The lowest BCUT2D eigenvalue weighted by molar-refractivity contribution is -0.167. The molecule has 2 bridgehead atoms. The van der Waals surface area contributed by atoms with Gasteiger partial charge in [-0.1, -0.05) is 23.3 Å². The maximum atomic E-state index is 13.0. The van der Waals surface area contributed by atoms with E-state index in [0.717, 1.165) is 6.42 Å². The van der Waals surface area contributed by atoms with E-state index < -0.39 is 10.8 Å². The van der Waals surface area contributed by atoms with Gasteiger partial charge >= 0.3 is 0 Å². The third-order valence-corrected chi connectivity index (χ3v) is 7.83. The van der Waals surface area contributed by atoms with Crippen molar-refractivity contribution in [3.63, 3.8) is 0 Å². The Morgan fingerprint density at radius 3 is 1.74 bits per heavy atom. The minimum atomic E-state index is -0.393. The lowest BCUT2D eigenvalue weighted by atomic mass is 9.37. The van der Waals surface area contributed by atoms with Crippen LogP contribution in [0.25, 0.3) is 0 Å². The summed E-state index contributed by atoms with van der Waals surface area (Å²) in [7, 11) is 0. The van der Waals surface area contributed by atoms with Crippen LogP contribution in [0.3, 0.4) is 0 Å². The predicted octanol–water partition coefficient (Wildman–Crippen LogP) is 2.16. The van der Waals surface area contributed by atoms with Crippen LogP contribution in [0.4, 0.5) is 0 Å². The van der Waals surface area contributed by atoms with Gasteiger partial charge in [0.1, 0.15) is 11.6 Å². The third-order valence-electron chi connectivity index (χ3n) is 7.83. The summed E-state index contributed by atoms with van der Waals surface area (Å²) in [6.07, 6.45) is 5.58. The van der Waals surface area contributed by atoms with E-state index in [-0.39, 0.29) is 11.8 Å². The zero-order chi connectivity index (χ0) is 12.9. The standard InChI is InChI=1S/C17H16O2/c1-6-4-16-12-8-3-9-11(10(8)14(16)18)15(19)17(16,13(9)12)5-7(6)2/h4-5,8-13H,3H2,1-2H3/t8-,9+,10-,11-,12+,13-,16+,17+/m1/s1. The Morgan fingerprint density at radius 1 is 0.895 bits per heavy atom. The summed E-state index contributed by atoms with van der Waals surface area (Å²) in [6, 6.07) is 0. The quantitative estimate of drug-likeness (QED) is 0.662. The Kier molecular flexibility index (Phi) is 1.12. The van der Waals surface area contributed by atoms with Crippen molar-refractivity contribution in [2.24, 2.45) is 46.3 Å². The van der Waals surface area contributed by atoms with E-state index in [4.69, 9.17) is 0 Å². The van der Waals surface area contributed by atoms with Gasteiger partial charge in [0.25, 0.3) is 0 Å². The summed E-state index contributed by atoms with van der Waals surface area (Å²) < 4.78 is 0. The molecule has 6 aliphatic carbocycles. The number of hydrogen-bond donors (Lipinski definition) is 0. The average molecular weight is 252 g/mol. The summed E-state index contributed by atoms with van der Waals surface area (Å²) >= 11 is 0. The number of allylic oxidation sites excluding steroid dienone is 4. The molecule has 0 amide bonds. The van der Waals surface area contributed by atoms with Gasteiger partial charge in [-0.2, -0.15) is 0 Å². The summed E-state index contributed by atoms with van der Waals surface area (Å²) in [5.41, 5.74) is 1.65. The first-order valence-electron chi connectivity index (χ1n) is 7.53. The number of hydrogen-bond acceptors (Lipinski definition) is 2. The second kappa shape index (κ2) is 2.19. The van der Waals surface area contributed by atoms with E-state index in [0.29, 0.717) is 35.2 Å². The molecular formula is C17H16O2. The fourth-order valence-corrected chi connectivity index (χ4v) is 7.60. The van der Waals surface area contributed by atoms with Gasteiger partial charge < -0.3 is 0 Å². The molecule has 0 aromatic heterocycles. The van der Waals surface area contributed by atoms with E-state index in [1.54, 1.807) is 0 Å². The van der Waals surface area contributed by atoms with Crippen LogP contribution in [0.2, 0.25) is 0 Å². The third kappa shape index (κ3) is 0.552. The van der Waals surface area contributed by atoms with Crippen molar-refractivity contribution in [3.05, 3.63) is 23.3 Å². The van der Waals surface area contributed by atoms with Crippen molar-refractivity contribution in [3.8, 4) is 0 Å². The van der Waals surface area contributed by atoms with Gasteiger partial charge in [-0.25, -0.2) is 0 Å². The van der Waals surface area contributed by atoms with Crippen molar-refractivity contribution < 1.29 is 9.59 Å². The molecule has 0 unspecified atom stereocenters. The molecule has 0 aromatic carbocycles. The summed E-state index contributed by atoms with van der Waals surface area (Å²) in [5.74, 6) is 3.19. The zero-order valence-electron chi connectivity index (χ0n) is 11.1. The molecule has 0 heterocycles. The molecule has 96 valence electrons. The number of ketones is 2. The second-order valence-electron chi connectivity index (χ2n) is 7.79. The summed E-state index contributed by atoms with van der Waals surface area (Å²) in [6.45, 7) is 4.20. The Morgan fingerprint density at radius 2 is 1.32 bits per heavy atom. The Balaban J connectivity index is 1.78. The topological polar surface area (TPSA) is 34.1 Å². The van der Waals surface area contributed by atoms with E-state index in [9.17, 15) is 9.59 Å². The molecule has 0 saturated heterocycles. The molecule has 0 aliphatic heterocycles. The lowest BCUT2D eigenvalue weighted by Gasteiger charge is -2.62. The van der Waals surface area contributed by atoms with Crippen LogP contribution in [0.15, 0.2) is 23.3 Å². The normalized spacial score (nSPS) is 65.4. The van der Waals surface area contributed by atoms with Crippen molar-refractivity contribution in [1.29, 1.82) is 0 Å². The number of carbonyl (C=O) groups excluding carboxylic acids is 2. The van der Waals surface area contributed by atoms with Gasteiger partial charge in [0.15, 0.2) is 0 Å². The zero-order valence-corrected chi connectivity index (χ0v) is 11.1. The monoisotopic (exact) mass is 252 g/mol. The van der Waals surface area contributed by atoms with Gasteiger partial charge in [0.2, 0.25) is 0 Å². The van der Waals surface area contributed by atoms with Crippen molar-refractivity contribution >= 4 is 11.6 Å². The van der Waals surface area contributed by atoms with Gasteiger partial charge in [-0.05, 0) is 43.9 Å². The van der Waals surface area contributed by atoms with Crippen LogP contribution in [-0.2, 0) is 9.59 Å². The van der Waals surface area contributed by atoms with Crippen LogP contribution in [-0.4, -0.2) is 11.6 Å².